The lowest BCUT2D eigenvalue weighted by atomic mass is 10.1. The molecule has 1 atom stereocenters. The van der Waals surface area contributed by atoms with Crippen LogP contribution >= 0.6 is 23.4 Å². The summed E-state index contributed by atoms with van der Waals surface area (Å²) < 4.78 is 5.81. The van der Waals surface area contributed by atoms with Crippen LogP contribution in [0.25, 0.3) is 11.5 Å². The third-order valence-electron chi connectivity index (χ3n) is 3.50. The van der Waals surface area contributed by atoms with Crippen molar-refractivity contribution < 1.29 is 4.42 Å². The van der Waals surface area contributed by atoms with Crippen molar-refractivity contribution in [1.82, 2.24) is 10.2 Å². The summed E-state index contributed by atoms with van der Waals surface area (Å²) in [4.78, 5) is 0. The second-order valence-corrected chi connectivity index (χ2v) is 7.23. The van der Waals surface area contributed by atoms with E-state index in [0.717, 1.165) is 16.1 Å². The lowest BCUT2D eigenvalue weighted by Crippen LogP contribution is -1.89. The number of aryl methyl sites for hydroxylation is 2. The SMILES string of the molecule is Cc1cc(C)cc(-c2nnc(S[C@@H](C)c3ccccc3Cl)o2)c1. The lowest BCUT2D eigenvalue weighted by Gasteiger charge is -2.10. The number of nitrogens with zero attached hydrogens (tertiary/aromatic N) is 2. The van der Waals surface area contributed by atoms with Crippen LogP contribution in [0, 0.1) is 13.8 Å². The molecule has 0 N–H and O–H groups in total. The van der Waals surface area contributed by atoms with Crippen molar-refractivity contribution in [2.75, 3.05) is 0 Å². The average Bonchev–Trinajstić information content (AvgIpc) is 2.95. The Bertz CT molecular complexity index is 811. The zero-order chi connectivity index (χ0) is 16.4. The first-order chi connectivity index (χ1) is 11.0. The van der Waals surface area contributed by atoms with Crippen LogP contribution in [0.4, 0.5) is 0 Å². The van der Waals surface area contributed by atoms with Crippen molar-refractivity contribution in [3.8, 4) is 11.5 Å². The topological polar surface area (TPSA) is 38.9 Å². The zero-order valence-electron chi connectivity index (χ0n) is 13.2. The minimum atomic E-state index is 0.135. The van der Waals surface area contributed by atoms with Crippen LogP contribution < -0.4 is 0 Å². The van der Waals surface area contributed by atoms with E-state index >= 15 is 0 Å². The second-order valence-electron chi connectivity index (χ2n) is 5.53. The van der Waals surface area contributed by atoms with Crippen LogP contribution in [-0.2, 0) is 0 Å². The first-order valence-electron chi connectivity index (χ1n) is 7.36. The third kappa shape index (κ3) is 3.77. The van der Waals surface area contributed by atoms with Crippen LogP contribution in [0.5, 0.6) is 0 Å². The Morgan fingerprint density at radius 1 is 1.04 bits per heavy atom. The van der Waals surface area contributed by atoms with Crippen LogP contribution in [0.2, 0.25) is 5.02 Å². The highest BCUT2D eigenvalue weighted by Crippen LogP contribution is 2.38. The summed E-state index contributed by atoms with van der Waals surface area (Å²) in [5.74, 6) is 0.547. The highest BCUT2D eigenvalue weighted by molar-refractivity contribution is 7.99. The molecule has 0 saturated heterocycles. The summed E-state index contributed by atoms with van der Waals surface area (Å²) >= 11 is 7.75. The van der Waals surface area contributed by atoms with Crippen molar-refractivity contribution in [1.29, 1.82) is 0 Å². The number of halogens is 1. The summed E-state index contributed by atoms with van der Waals surface area (Å²) in [6.07, 6.45) is 0. The molecule has 0 aliphatic carbocycles. The minimum Gasteiger partial charge on any atom is -0.411 e. The highest BCUT2D eigenvalue weighted by atomic mass is 35.5. The van der Waals surface area contributed by atoms with Crippen molar-refractivity contribution in [2.24, 2.45) is 0 Å². The fourth-order valence-electron chi connectivity index (χ4n) is 2.49. The molecule has 0 aliphatic rings. The Labute approximate surface area is 145 Å². The molecule has 1 heterocycles. The maximum absolute atomic E-state index is 6.24. The van der Waals surface area contributed by atoms with Gasteiger partial charge in [0.05, 0.1) is 0 Å². The van der Waals surface area contributed by atoms with Gasteiger partial charge in [0, 0.05) is 15.8 Å². The molecule has 0 aliphatic heterocycles. The van der Waals surface area contributed by atoms with E-state index in [1.54, 1.807) is 0 Å². The van der Waals surface area contributed by atoms with E-state index in [-0.39, 0.29) is 5.25 Å². The average molecular weight is 345 g/mol. The van der Waals surface area contributed by atoms with Crippen LogP contribution in [0.1, 0.15) is 28.9 Å². The first kappa shape index (κ1) is 16.1. The van der Waals surface area contributed by atoms with Gasteiger partial charge in [-0.2, -0.15) is 0 Å². The Balaban J connectivity index is 1.81. The molecule has 23 heavy (non-hydrogen) atoms. The van der Waals surface area contributed by atoms with Gasteiger partial charge in [-0.05, 0) is 44.5 Å². The molecule has 1 aromatic heterocycles. The Morgan fingerprint density at radius 2 is 1.74 bits per heavy atom. The second kappa shape index (κ2) is 6.77. The summed E-state index contributed by atoms with van der Waals surface area (Å²) in [5, 5.41) is 9.75. The zero-order valence-corrected chi connectivity index (χ0v) is 14.8. The monoisotopic (exact) mass is 344 g/mol. The van der Waals surface area contributed by atoms with Gasteiger partial charge in [-0.15, -0.1) is 10.2 Å². The number of thioether (sulfide) groups is 1. The van der Waals surface area contributed by atoms with Crippen LogP contribution in [0.15, 0.2) is 52.1 Å². The van der Waals surface area contributed by atoms with Crippen molar-refractivity contribution in [3.63, 3.8) is 0 Å². The summed E-state index contributed by atoms with van der Waals surface area (Å²) in [5.41, 5.74) is 4.37. The van der Waals surface area contributed by atoms with Crippen molar-refractivity contribution in [2.45, 2.75) is 31.2 Å². The van der Waals surface area contributed by atoms with E-state index in [0.29, 0.717) is 11.1 Å². The molecule has 3 nitrogen and oxygen atoms in total. The number of benzene rings is 2. The first-order valence-corrected chi connectivity index (χ1v) is 8.62. The van der Waals surface area contributed by atoms with Gasteiger partial charge in [0.25, 0.3) is 5.22 Å². The molecule has 118 valence electrons. The maximum atomic E-state index is 6.24. The highest BCUT2D eigenvalue weighted by Gasteiger charge is 2.16. The van der Waals surface area contributed by atoms with Gasteiger partial charge in [-0.3, -0.25) is 0 Å². The van der Waals surface area contributed by atoms with Crippen molar-refractivity contribution >= 4 is 23.4 Å². The number of hydrogen-bond acceptors (Lipinski definition) is 4. The smallest absolute Gasteiger partial charge is 0.277 e. The quantitative estimate of drug-likeness (QED) is 0.555. The van der Waals surface area contributed by atoms with Crippen LogP contribution in [-0.4, -0.2) is 10.2 Å². The summed E-state index contributed by atoms with van der Waals surface area (Å²) in [6, 6.07) is 14.0. The van der Waals surface area contributed by atoms with E-state index in [1.807, 2.05) is 36.4 Å². The fourth-order valence-corrected chi connectivity index (χ4v) is 3.71. The number of rotatable bonds is 4. The summed E-state index contributed by atoms with van der Waals surface area (Å²) in [6.45, 7) is 6.19. The fraction of sp³-hybridized carbons (Fsp3) is 0.222. The predicted molar refractivity (Wildman–Crippen MR) is 94.9 cm³/mol. The molecular formula is C18H17ClN2OS. The third-order valence-corrected chi connectivity index (χ3v) is 4.81. The van der Waals surface area contributed by atoms with Gasteiger partial charge in [0.1, 0.15) is 0 Å². The van der Waals surface area contributed by atoms with E-state index < -0.39 is 0 Å². The molecule has 2 aromatic carbocycles. The van der Waals surface area contributed by atoms with Gasteiger partial charge in [-0.25, -0.2) is 0 Å². The molecule has 0 amide bonds. The van der Waals surface area contributed by atoms with Gasteiger partial charge in [0.15, 0.2) is 0 Å². The molecule has 0 bridgehead atoms. The predicted octanol–water partition coefficient (Wildman–Crippen LogP) is 5.86. The van der Waals surface area contributed by atoms with Crippen molar-refractivity contribution in [3.05, 3.63) is 64.2 Å². The van der Waals surface area contributed by atoms with Gasteiger partial charge in [0.2, 0.25) is 5.89 Å². The van der Waals surface area contributed by atoms with Gasteiger partial charge in [-0.1, -0.05) is 58.8 Å². The Hall–Kier alpha value is -1.78. The summed E-state index contributed by atoms with van der Waals surface area (Å²) in [7, 11) is 0. The van der Waals surface area contributed by atoms with E-state index in [2.05, 4.69) is 37.0 Å². The van der Waals surface area contributed by atoms with E-state index in [9.17, 15) is 0 Å². The van der Waals surface area contributed by atoms with E-state index in [1.165, 1.54) is 22.9 Å². The molecule has 0 saturated carbocycles. The van der Waals surface area contributed by atoms with E-state index in [4.69, 9.17) is 16.0 Å². The molecule has 3 rings (SSSR count). The van der Waals surface area contributed by atoms with Gasteiger partial charge < -0.3 is 4.42 Å². The lowest BCUT2D eigenvalue weighted by molar-refractivity contribution is 0.465. The largest absolute Gasteiger partial charge is 0.411 e. The number of aromatic nitrogens is 2. The standard InChI is InChI=1S/C18H17ClN2OS/c1-11-8-12(2)10-14(9-11)17-20-21-18(22-17)23-13(3)15-6-4-5-7-16(15)19/h4-10,13H,1-3H3/t13-/m0/s1. The molecule has 0 radical (unpaired) electrons. The molecule has 0 spiro atoms. The molecule has 0 fully saturated rings. The molecule has 0 unspecified atom stereocenters. The molecule has 5 heteroatoms. The Morgan fingerprint density at radius 3 is 2.43 bits per heavy atom. The molecule has 3 aromatic rings. The number of hydrogen-bond donors (Lipinski definition) is 0. The normalized spacial score (nSPS) is 12.3. The van der Waals surface area contributed by atoms with Crippen LogP contribution in [0.3, 0.4) is 0 Å². The molecular weight excluding hydrogens is 328 g/mol. The maximum Gasteiger partial charge on any atom is 0.277 e. The Kier molecular flexibility index (Phi) is 4.74. The minimum absolute atomic E-state index is 0.135. The van der Waals surface area contributed by atoms with Gasteiger partial charge >= 0.3 is 0 Å².